The fraction of sp³-hybridized carbons (Fsp3) is 0.583. The zero-order valence-corrected chi connectivity index (χ0v) is 10.0. The third-order valence-corrected chi connectivity index (χ3v) is 3.45. The minimum atomic E-state index is 0.0156. The number of nitrogens with two attached hydrogens (primary N) is 1. The summed E-state index contributed by atoms with van der Waals surface area (Å²) < 4.78 is 0. The van der Waals surface area contributed by atoms with Gasteiger partial charge in [0.15, 0.2) is 0 Å². The number of likely N-dealkylation sites (tertiary alicyclic amines) is 1. The Morgan fingerprint density at radius 3 is 3.06 bits per heavy atom. The van der Waals surface area contributed by atoms with Gasteiger partial charge in [-0.25, -0.2) is 0 Å². The molecule has 1 fully saturated rings. The van der Waals surface area contributed by atoms with E-state index in [1.54, 1.807) is 6.07 Å². The number of nitrogens with zero attached hydrogens (tertiary/aromatic N) is 3. The second-order valence-electron chi connectivity index (χ2n) is 4.55. The van der Waals surface area contributed by atoms with Gasteiger partial charge in [-0.2, -0.15) is 10.2 Å². The van der Waals surface area contributed by atoms with Crippen LogP contribution in [0.25, 0.3) is 0 Å². The summed E-state index contributed by atoms with van der Waals surface area (Å²) in [5.41, 5.74) is 6.37. The average Bonchev–Trinajstić information content (AvgIpc) is 2.38. The van der Waals surface area contributed by atoms with Crippen LogP contribution in [0.1, 0.15) is 30.1 Å². The molecule has 2 unspecified atom stereocenters. The maximum absolute atomic E-state index is 12.3. The predicted molar refractivity (Wildman–Crippen MR) is 64.3 cm³/mol. The van der Waals surface area contributed by atoms with Crippen LogP contribution in [0.5, 0.6) is 0 Å². The van der Waals surface area contributed by atoms with E-state index in [0.29, 0.717) is 18.0 Å². The molecule has 17 heavy (non-hydrogen) atoms. The van der Waals surface area contributed by atoms with Crippen LogP contribution >= 0.6 is 0 Å². The van der Waals surface area contributed by atoms with Gasteiger partial charge in [-0.15, -0.1) is 0 Å². The van der Waals surface area contributed by atoms with Crippen molar-refractivity contribution < 1.29 is 4.79 Å². The topological polar surface area (TPSA) is 72.1 Å². The van der Waals surface area contributed by atoms with Gasteiger partial charge in [0.2, 0.25) is 0 Å². The lowest BCUT2D eigenvalue weighted by atomic mass is 9.90. The molecule has 0 saturated carbocycles. The summed E-state index contributed by atoms with van der Waals surface area (Å²) in [6, 6.07) is 1.84. The van der Waals surface area contributed by atoms with Crippen LogP contribution in [0.4, 0.5) is 0 Å². The summed E-state index contributed by atoms with van der Waals surface area (Å²) in [6.45, 7) is 3.46. The molecule has 1 saturated heterocycles. The van der Waals surface area contributed by atoms with Gasteiger partial charge in [-0.05, 0) is 24.8 Å². The van der Waals surface area contributed by atoms with E-state index < -0.39 is 0 Å². The average molecular weight is 234 g/mol. The maximum Gasteiger partial charge on any atom is 0.255 e. The number of amides is 1. The van der Waals surface area contributed by atoms with Crippen molar-refractivity contribution in [1.82, 2.24) is 15.1 Å². The normalized spacial score (nSPS) is 24.7. The van der Waals surface area contributed by atoms with Gasteiger partial charge in [0.25, 0.3) is 5.91 Å². The Labute approximate surface area is 101 Å². The van der Waals surface area contributed by atoms with Crippen LogP contribution in [0.15, 0.2) is 18.5 Å². The molecule has 1 amide bonds. The lowest BCUT2D eigenvalue weighted by molar-refractivity contribution is 0.0532. The Bertz CT molecular complexity index is 381. The van der Waals surface area contributed by atoms with Crippen LogP contribution in [-0.4, -0.2) is 40.1 Å². The Morgan fingerprint density at radius 2 is 2.41 bits per heavy atom. The third-order valence-electron chi connectivity index (χ3n) is 3.45. The number of aromatic nitrogens is 2. The summed E-state index contributed by atoms with van der Waals surface area (Å²) in [7, 11) is 0. The molecule has 0 radical (unpaired) electrons. The van der Waals surface area contributed by atoms with Crippen molar-refractivity contribution in [2.75, 3.05) is 13.1 Å². The standard InChI is InChI=1S/C12H18N4O/c1-9-3-2-6-16(11(9)7-13)12(17)10-4-5-14-15-8-10/h4-5,8-9,11H,2-3,6-7,13H2,1H3. The number of piperidine rings is 1. The van der Waals surface area contributed by atoms with E-state index in [1.807, 2.05) is 4.90 Å². The Hall–Kier alpha value is -1.49. The largest absolute Gasteiger partial charge is 0.334 e. The highest BCUT2D eigenvalue weighted by atomic mass is 16.2. The van der Waals surface area contributed by atoms with Crippen molar-refractivity contribution in [2.45, 2.75) is 25.8 Å². The van der Waals surface area contributed by atoms with Crippen molar-refractivity contribution in [1.29, 1.82) is 0 Å². The van der Waals surface area contributed by atoms with E-state index in [0.717, 1.165) is 19.4 Å². The van der Waals surface area contributed by atoms with Crippen LogP contribution in [0.3, 0.4) is 0 Å². The van der Waals surface area contributed by atoms with Gasteiger partial charge < -0.3 is 10.6 Å². The fourth-order valence-electron chi connectivity index (χ4n) is 2.44. The molecule has 1 aromatic rings. The molecule has 1 aromatic heterocycles. The molecule has 5 nitrogen and oxygen atoms in total. The molecule has 2 N–H and O–H groups in total. The molecule has 1 aliphatic rings. The van der Waals surface area contributed by atoms with Crippen molar-refractivity contribution in [3.8, 4) is 0 Å². The first-order chi connectivity index (χ1) is 8.24. The van der Waals surface area contributed by atoms with Crippen molar-refractivity contribution in [3.63, 3.8) is 0 Å². The van der Waals surface area contributed by atoms with E-state index in [9.17, 15) is 4.79 Å². The van der Waals surface area contributed by atoms with Gasteiger partial charge >= 0.3 is 0 Å². The predicted octanol–water partition coefficient (Wildman–Crippen LogP) is 0.676. The Morgan fingerprint density at radius 1 is 1.59 bits per heavy atom. The summed E-state index contributed by atoms with van der Waals surface area (Å²) in [4.78, 5) is 14.2. The summed E-state index contributed by atoms with van der Waals surface area (Å²) in [5.74, 6) is 0.481. The van der Waals surface area contributed by atoms with Gasteiger partial charge in [-0.1, -0.05) is 6.92 Å². The zero-order chi connectivity index (χ0) is 12.3. The van der Waals surface area contributed by atoms with Gasteiger partial charge in [0, 0.05) is 19.1 Å². The van der Waals surface area contributed by atoms with Gasteiger partial charge in [-0.3, -0.25) is 4.79 Å². The summed E-state index contributed by atoms with van der Waals surface area (Å²) >= 11 is 0. The quantitative estimate of drug-likeness (QED) is 0.816. The first-order valence-electron chi connectivity index (χ1n) is 6.01. The third kappa shape index (κ3) is 2.44. The molecule has 0 bridgehead atoms. The lowest BCUT2D eigenvalue weighted by Crippen LogP contribution is -2.51. The molecule has 0 aliphatic carbocycles. The first kappa shape index (κ1) is 12.0. The molecular formula is C12H18N4O. The Kier molecular flexibility index (Phi) is 3.68. The lowest BCUT2D eigenvalue weighted by Gasteiger charge is -2.39. The maximum atomic E-state index is 12.3. The van der Waals surface area contributed by atoms with Crippen molar-refractivity contribution in [3.05, 3.63) is 24.0 Å². The van der Waals surface area contributed by atoms with E-state index in [1.165, 1.54) is 12.4 Å². The number of rotatable bonds is 2. The highest BCUT2D eigenvalue weighted by Gasteiger charge is 2.31. The number of hydrogen-bond acceptors (Lipinski definition) is 4. The molecule has 5 heteroatoms. The minimum absolute atomic E-state index is 0.0156. The number of carbonyl (C=O) groups excluding carboxylic acids is 1. The van der Waals surface area contributed by atoms with E-state index >= 15 is 0 Å². The second kappa shape index (κ2) is 5.23. The molecule has 92 valence electrons. The fourth-order valence-corrected chi connectivity index (χ4v) is 2.44. The van der Waals surface area contributed by atoms with Crippen molar-refractivity contribution in [2.24, 2.45) is 11.7 Å². The molecule has 2 rings (SSSR count). The molecule has 1 aliphatic heterocycles. The molecule has 0 aromatic carbocycles. The zero-order valence-electron chi connectivity index (χ0n) is 10.0. The number of carbonyl (C=O) groups is 1. The van der Waals surface area contributed by atoms with Crippen LogP contribution in [0.2, 0.25) is 0 Å². The van der Waals surface area contributed by atoms with Crippen LogP contribution in [0, 0.1) is 5.92 Å². The smallest absolute Gasteiger partial charge is 0.255 e. The van der Waals surface area contributed by atoms with Crippen molar-refractivity contribution >= 4 is 5.91 Å². The monoisotopic (exact) mass is 234 g/mol. The SMILES string of the molecule is CC1CCCN(C(=O)c2ccnnc2)C1CN. The Balaban J connectivity index is 2.18. The minimum Gasteiger partial charge on any atom is -0.334 e. The highest BCUT2D eigenvalue weighted by molar-refractivity contribution is 5.94. The van der Waals surface area contributed by atoms with E-state index in [-0.39, 0.29) is 11.9 Å². The van der Waals surface area contributed by atoms with E-state index in [2.05, 4.69) is 17.1 Å². The van der Waals surface area contributed by atoms with Gasteiger partial charge in [0.1, 0.15) is 0 Å². The van der Waals surface area contributed by atoms with Gasteiger partial charge in [0.05, 0.1) is 18.0 Å². The van der Waals surface area contributed by atoms with E-state index in [4.69, 9.17) is 5.73 Å². The summed E-state index contributed by atoms with van der Waals surface area (Å²) in [6.07, 6.45) is 5.23. The van der Waals surface area contributed by atoms with Crippen LogP contribution in [-0.2, 0) is 0 Å². The second-order valence-corrected chi connectivity index (χ2v) is 4.55. The molecular weight excluding hydrogens is 216 g/mol. The molecule has 2 atom stereocenters. The number of hydrogen-bond donors (Lipinski definition) is 1. The summed E-state index contributed by atoms with van der Waals surface area (Å²) in [5, 5.41) is 7.42. The molecule has 0 spiro atoms. The van der Waals surface area contributed by atoms with Crippen LogP contribution < -0.4 is 5.73 Å². The molecule has 2 heterocycles. The first-order valence-corrected chi connectivity index (χ1v) is 6.01. The highest BCUT2D eigenvalue weighted by Crippen LogP contribution is 2.23.